The molecule has 1 saturated heterocycles. The third kappa shape index (κ3) is 6.58. The molecule has 3 heterocycles. The molecule has 1 fully saturated rings. The predicted molar refractivity (Wildman–Crippen MR) is 155 cm³/mol. The lowest BCUT2D eigenvalue weighted by Gasteiger charge is -2.16. The maximum Gasteiger partial charge on any atom is 0.256 e. The summed E-state index contributed by atoms with van der Waals surface area (Å²) in [5, 5.41) is 13.6. The summed E-state index contributed by atoms with van der Waals surface area (Å²) in [5.41, 5.74) is 3.01. The van der Waals surface area contributed by atoms with Gasteiger partial charge in [0.2, 0.25) is 5.91 Å². The smallest absolute Gasteiger partial charge is 0.256 e. The van der Waals surface area contributed by atoms with Crippen LogP contribution < -0.4 is 20.1 Å². The fourth-order valence-corrected chi connectivity index (χ4v) is 5.21. The predicted octanol–water partition coefficient (Wildman–Crippen LogP) is 5.06. The van der Waals surface area contributed by atoms with Gasteiger partial charge in [-0.15, -0.1) is 0 Å². The van der Waals surface area contributed by atoms with E-state index in [1.807, 2.05) is 54.6 Å². The highest BCUT2D eigenvalue weighted by Crippen LogP contribution is 2.28. The Morgan fingerprint density at radius 3 is 2.44 bits per heavy atom. The first-order valence-electron chi connectivity index (χ1n) is 14.0. The van der Waals surface area contributed by atoms with Gasteiger partial charge in [-0.25, -0.2) is 0 Å². The van der Waals surface area contributed by atoms with E-state index in [0.717, 1.165) is 41.3 Å². The summed E-state index contributed by atoms with van der Waals surface area (Å²) in [6, 6.07) is 24.7. The van der Waals surface area contributed by atoms with Crippen LogP contribution in [-0.2, 0) is 24.3 Å². The van der Waals surface area contributed by atoms with Gasteiger partial charge in [0.25, 0.3) is 5.91 Å². The molecular formula is C32H33N5O4. The zero-order chi connectivity index (χ0) is 28.0. The second kappa shape index (κ2) is 12.3. The third-order valence-electron chi connectivity index (χ3n) is 7.51. The first kappa shape index (κ1) is 26.6. The first-order valence-corrected chi connectivity index (χ1v) is 14.0. The van der Waals surface area contributed by atoms with E-state index in [0.29, 0.717) is 49.3 Å². The van der Waals surface area contributed by atoms with E-state index in [9.17, 15) is 9.59 Å². The van der Waals surface area contributed by atoms with Crippen LogP contribution in [0.4, 0.5) is 5.82 Å². The van der Waals surface area contributed by atoms with Gasteiger partial charge < -0.3 is 25.0 Å². The molecular weight excluding hydrogens is 518 g/mol. The van der Waals surface area contributed by atoms with Gasteiger partial charge in [0.15, 0.2) is 0 Å². The van der Waals surface area contributed by atoms with Crippen LogP contribution in [0, 0.1) is 0 Å². The van der Waals surface area contributed by atoms with Crippen molar-refractivity contribution in [1.29, 1.82) is 0 Å². The van der Waals surface area contributed by atoms with E-state index >= 15 is 0 Å². The number of aromatic nitrogens is 2. The lowest BCUT2D eigenvalue weighted by Crippen LogP contribution is -2.27. The minimum absolute atomic E-state index is 0.00950. The summed E-state index contributed by atoms with van der Waals surface area (Å²) < 4.78 is 11.7. The summed E-state index contributed by atoms with van der Waals surface area (Å²) >= 11 is 0. The molecule has 2 amide bonds. The largest absolute Gasteiger partial charge is 0.494 e. The highest BCUT2D eigenvalue weighted by molar-refractivity contribution is 6.04. The minimum Gasteiger partial charge on any atom is -0.494 e. The number of aromatic amines is 1. The Kier molecular flexibility index (Phi) is 7.95. The highest BCUT2D eigenvalue weighted by Gasteiger charge is 2.29. The number of hydrogen-bond acceptors (Lipinski definition) is 6. The molecule has 3 N–H and O–H groups in total. The Morgan fingerprint density at radius 1 is 0.927 bits per heavy atom. The number of benzene rings is 3. The summed E-state index contributed by atoms with van der Waals surface area (Å²) in [6.45, 7) is 2.58. The standard InChI is InChI=1S/C32H33N5O4/c38-30(19-22-8-12-25(13-9-22)40-18-16-24-5-4-17-33-24)37-20-28-29(21-37)35-36-31(28)34-32(39)23-10-14-27(15-11-23)41-26-6-2-1-3-7-26/h1-3,6-15,24,33H,4-5,16-21H2,(H2,34,35,36,39). The van der Waals surface area contributed by atoms with Crippen LogP contribution in [0.5, 0.6) is 17.2 Å². The monoisotopic (exact) mass is 551 g/mol. The van der Waals surface area contributed by atoms with E-state index in [-0.39, 0.29) is 11.8 Å². The third-order valence-corrected chi connectivity index (χ3v) is 7.51. The molecule has 0 bridgehead atoms. The highest BCUT2D eigenvalue weighted by atomic mass is 16.5. The summed E-state index contributed by atoms with van der Waals surface area (Å²) in [7, 11) is 0. The van der Waals surface area contributed by atoms with Crippen molar-refractivity contribution in [2.24, 2.45) is 0 Å². The molecule has 0 radical (unpaired) electrons. The molecule has 1 atom stereocenters. The second-order valence-electron chi connectivity index (χ2n) is 10.4. The molecule has 2 aliphatic heterocycles. The number of fused-ring (bicyclic) bond motifs is 1. The number of ether oxygens (including phenoxy) is 2. The molecule has 9 nitrogen and oxygen atoms in total. The number of rotatable bonds is 10. The van der Waals surface area contributed by atoms with Gasteiger partial charge in [-0.05, 0) is 79.9 Å². The zero-order valence-electron chi connectivity index (χ0n) is 22.8. The maximum atomic E-state index is 13.1. The lowest BCUT2D eigenvalue weighted by atomic mass is 10.1. The van der Waals surface area contributed by atoms with Gasteiger partial charge in [-0.3, -0.25) is 14.7 Å². The average Bonchev–Trinajstić information content (AvgIpc) is 3.74. The maximum absolute atomic E-state index is 13.1. The van der Waals surface area contributed by atoms with E-state index in [1.54, 1.807) is 29.2 Å². The van der Waals surface area contributed by atoms with Gasteiger partial charge in [0, 0.05) is 17.2 Å². The van der Waals surface area contributed by atoms with Crippen molar-refractivity contribution in [3.63, 3.8) is 0 Å². The number of hydrogen-bond donors (Lipinski definition) is 3. The minimum atomic E-state index is -0.269. The molecule has 0 spiro atoms. The average molecular weight is 552 g/mol. The molecule has 0 aliphatic carbocycles. The van der Waals surface area contributed by atoms with Crippen molar-refractivity contribution >= 4 is 17.6 Å². The number of carbonyl (C=O) groups is 2. The normalized spacial score (nSPS) is 15.9. The Hall–Kier alpha value is -4.63. The second-order valence-corrected chi connectivity index (χ2v) is 10.4. The number of H-pyrrole nitrogens is 1. The van der Waals surface area contributed by atoms with Crippen molar-refractivity contribution in [2.45, 2.75) is 44.8 Å². The van der Waals surface area contributed by atoms with Crippen molar-refractivity contribution in [2.75, 3.05) is 18.5 Å². The van der Waals surface area contributed by atoms with Crippen LogP contribution >= 0.6 is 0 Å². The Balaban J connectivity index is 0.992. The van der Waals surface area contributed by atoms with Gasteiger partial charge >= 0.3 is 0 Å². The lowest BCUT2D eigenvalue weighted by molar-refractivity contribution is -0.131. The molecule has 1 unspecified atom stereocenters. The van der Waals surface area contributed by atoms with Crippen molar-refractivity contribution in [3.8, 4) is 17.2 Å². The summed E-state index contributed by atoms with van der Waals surface area (Å²) in [5.74, 6) is 2.44. The van der Waals surface area contributed by atoms with E-state index < -0.39 is 0 Å². The van der Waals surface area contributed by atoms with Crippen molar-refractivity contribution < 1.29 is 19.1 Å². The summed E-state index contributed by atoms with van der Waals surface area (Å²) in [4.78, 5) is 27.7. The molecule has 9 heteroatoms. The Morgan fingerprint density at radius 2 is 1.68 bits per heavy atom. The van der Waals surface area contributed by atoms with Gasteiger partial charge in [0.1, 0.15) is 23.1 Å². The molecule has 2 aliphatic rings. The fourth-order valence-electron chi connectivity index (χ4n) is 5.21. The number of amides is 2. The number of para-hydroxylation sites is 1. The molecule has 4 aromatic rings. The Labute approximate surface area is 238 Å². The van der Waals surface area contributed by atoms with Crippen LogP contribution in [0.1, 0.15) is 46.4 Å². The van der Waals surface area contributed by atoms with E-state index in [4.69, 9.17) is 9.47 Å². The van der Waals surface area contributed by atoms with Crippen molar-refractivity contribution in [3.05, 3.63) is 101 Å². The number of nitrogens with zero attached hydrogens (tertiary/aromatic N) is 2. The molecule has 41 heavy (non-hydrogen) atoms. The van der Waals surface area contributed by atoms with E-state index in [2.05, 4.69) is 20.8 Å². The van der Waals surface area contributed by atoms with Gasteiger partial charge in [-0.2, -0.15) is 5.10 Å². The number of nitrogens with one attached hydrogen (secondary N) is 3. The zero-order valence-corrected chi connectivity index (χ0v) is 22.8. The molecule has 1 aromatic heterocycles. The number of anilines is 1. The van der Waals surface area contributed by atoms with Crippen LogP contribution in [0.25, 0.3) is 0 Å². The molecule has 0 saturated carbocycles. The van der Waals surface area contributed by atoms with Crippen molar-refractivity contribution in [1.82, 2.24) is 20.4 Å². The van der Waals surface area contributed by atoms with Gasteiger partial charge in [-0.1, -0.05) is 30.3 Å². The topological polar surface area (TPSA) is 109 Å². The quantitative estimate of drug-likeness (QED) is 0.254. The SMILES string of the molecule is O=C(Nc1[nH]nc2c1CN(C(=O)Cc1ccc(OCCC3CCCN3)cc1)C2)c1ccc(Oc2ccccc2)cc1. The number of carbonyl (C=O) groups excluding carboxylic acids is 2. The van der Waals surface area contributed by atoms with Crippen LogP contribution in [0.2, 0.25) is 0 Å². The molecule has 210 valence electrons. The summed E-state index contributed by atoms with van der Waals surface area (Å²) in [6.07, 6.45) is 3.75. The first-order chi connectivity index (χ1) is 20.1. The van der Waals surface area contributed by atoms with E-state index in [1.165, 1.54) is 12.8 Å². The van der Waals surface area contributed by atoms with Crippen LogP contribution in [0.3, 0.4) is 0 Å². The Bertz CT molecular complexity index is 1480. The molecule has 6 rings (SSSR count). The fraction of sp³-hybridized carbons (Fsp3) is 0.281. The van der Waals surface area contributed by atoms with Crippen LogP contribution in [-0.4, -0.2) is 46.1 Å². The van der Waals surface area contributed by atoms with Gasteiger partial charge in [0.05, 0.1) is 31.8 Å². The van der Waals surface area contributed by atoms with Crippen LogP contribution in [0.15, 0.2) is 78.9 Å². The molecule has 3 aromatic carbocycles.